The summed E-state index contributed by atoms with van der Waals surface area (Å²) in [5, 5.41) is 14.6. The molecule has 0 bridgehead atoms. The number of aliphatic hydroxyl groups excluding tert-OH is 1. The van der Waals surface area contributed by atoms with E-state index in [0.717, 1.165) is 5.56 Å². The lowest BCUT2D eigenvalue weighted by molar-refractivity contribution is -0.124. The van der Waals surface area contributed by atoms with Gasteiger partial charge in [0.05, 0.1) is 12.6 Å². The summed E-state index contributed by atoms with van der Waals surface area (Å²) in [5.41, 5.74) is 5.89. The van der Waals surface area contributed by atoms with Crippen LogP contribution in [-0.2, 0) is 4.79 Å². The summed E-state index contributed by atoms with van der Waals surface area (Å²) in [6, 6.07) is 7.21. The quantitative estimate of drug-likeness (QED) is 0.565. The first-order valence-electron chi connectivity index (χ1n) is 6.59. The molecule has 6 nitrogen and oxygen atoms in total. The minimum absolute atomic E-state index is 0.221. The standard InChI is InChI=1S/C14H21N3O3S/c1-21-8-7-11(17-14(15)20)13(19)16-12(9-18)10-5-3-2-4-6-10/h2-6,11-12,18H,7-9H2,1H3,(H,16,19)(H3,15,17,20)/t11?,12-/m0/s1. The van der Waals surface area contributed by atoms with Gasteiger partial charge in [0, 0.05) is 0 Å². The highest BCUT2D eigenvalue weighted by molar-refractivity contribution is 7.98. The third-order valence-corrected chi connectivity index (χ3v) is 3.59. The topological polar surface area (TPSA) is 104 Å². The summed E-state index contributed by atoms with van der Waals surface area (Å²) >= 11 is 1.57. The van der Waals surface area contributed by atoms with E-state index in [-0.39, 0.29) is 12.5 Å². The van der Waals surface area contributed by atoms with Crippen LogP contribution in [0.25, 0.3) is 0 Å². The maximum absolute atomic E-state index is 12.2. The third-order valence-electron chi connectivity index (χ3n) is 2.94. The molecule has 0 heterocycles. The average Bonchev–Trinajstić information content (AvgIpc) is 2.49. The molecule has 0 aliphatic carbocycles. The van der Waals surface area contributed by atoms with Gasteiger partial charge in [0.15, 0.2) is 0 Å². The van der Waals surface area contributed by atoms with E-state index >= 15 is 0 Å². The number of urea groups is 1. The van der Waals surface area contributed by atoms with Crippen molar-refractivity contribution in [3.8, 4) is 0 Å². The number of carbonyl (C=O) groups is 2. The minimum Gasteiger partial charge on any atom is -0.394 e. The summed E-state index contributed by atoms with van der Waals surface area (Å²) in [6.45, 7) is -0.221. The smallest absolute Gasteiger partial charge is 0.312 e. The summed E-state index contributed by atoms with van der Waals surface area (Å²) < 4.78 is 0. The number of nitrogens with one attached hydrogen (secondary N) is 2. The van der Waals surface area contributed by atoms with Gasteiger partial charge in [0.2, 0.25) is 5.91 Å². The van der Waals surface area contributed by atoms with Gasteiger partial charge in [0.25, 0.3) is 0 Å². The first kappa shape index (κ1) is 17.3. The van der Waals surface area contributed by atoms with Crippen LogP contribution in [-0.4, -0.2) is 41.7 Å². The number of hydrogen-bond acceptors (Lipinski definition) is 4. The second-order valence-electron chi connectivity index (χ2n) is 4.50. The van der Waals surface area contributed by atoms with Gasteiger partial charge in [-0.3, -0.25) is 4.79 Å². The highest BCUT2D eigenvalue weighted by Crippen LogP contribution is 2.12. The van der Waals surface area contributed by atoms with E-state index in [4.69, 9.17) is 5.73 Å². The summed E-state index contributed by atoms with van der Waals surface area (Å²) in [7, 11) is 0. The van der Waals surface area contributed by atoms with Crippen LogP contribution in [0, 0.1) is 0 Å². The van der Waals surface area contributed by atoms with Crippen molar-refractivity contribution in [2.75, 3.05) is 18.6 Å². The summed E-state index contributed by atoms with van der Waals surface area (Å²) in [5.74, 6) is 0.360. The molecule has 0 aromatic heterocycles. The van der Waals surface area contributed by atoms with Crippen molar-refractivity contribution in [3.63, 3.8) is 0 Å². The van der Waals surface area contributed by atoms with Crippen LogP contribution < -0.4 is 16.4 Å². The van der Waals surface area contributed by atoms with Gasteiger partial charge >= 0.3 is 6.03 Å². The highest BCUT2D eigenvalue weighted by Gasteiger charge is 2.22. The Morgan fingerprint density at radius 2 is 1.95 bits per heavy atom. The van der Waals surface area contributed by atoms with E-state index < -0.39 is 18.1 Å². The third kappa shape index (κ3) is 6.05. The molecule has 2 atom stereocenters. The van der Waals surface area contributed by atoms with E-state index in [9.17, 15) is 14.7 Å². The van der Waals surface area contributed by atoms with Crippen LogP contribution in [0.3, 0.4) is 0 Å². The molecule has 1 rings (SSSR count). The van der Waals surface area contributed by atoms with E-state index in [2.05, 4.69) is 10.6 Å². The average molecular weight is 311 g/mol. The zero-order valence-corrected chi connectivity index (χ0v) is 12.7. The molecule has 0 saturated heterocycles. The van der Waals surface area contributed by atoms with Crippen molar-refractivity contribution in [2.45, 2.75) is 18.5 Å². The van der Waals surface area contributed by atoms with Crippen molar-refractivity contribution >= 4 is 23.7 Å². The Balaban J connectivity index is 2.71. The van der Waals surface area contributed by atoms with Gasteiger partial charge in [-0.15, -0.1) is 0 Å². The Morgan fingerprint density at radius 3 is 2.48 bits per heavy atom. The van der Waals surface area contributed by atoms with E-state index in [1.54, 1.807) is 11.8 Å². The second kappa shape index (κ2) is 9.25. The van der Waals surface area contributed by atoms with E-state index in [1.165, 1.54) is 0 Å². The van der Waals surface area contributed by atoms with Crippen LogP contribution >= 0.6 is 11.8 Å². The molecule has 1 unspecified atom stereocenters. The van der Waals surface area contributed by atoms with Gasteiger partial charge in [-0.25, -0.2) is 4.79 Å². The van der Waals surface area contributed by atoms with Crippen LogP contribution in [0.15, 0.2) is 30.3 Å². The largest absolute Gasteiger partial charge is 0.394 e. The molecule has 7 heteroatoms. The maximum Gasteiger partial charge on any atom is 0.312 e. The second-order valence-corrected chi connectivity index (χ2v) is 5.48. The van der Waals surface area contributed by atoms with Gasteiger partial charge in [0.1, 0.15) is 6.04 Å². The van der Waals surface area contributed by atoms with Crippen LogP contribution in [0.5, 0.6) is 0 Å². The predicted molar refractivity (Wildman–Crippen MR) is 83.9 cm³/mol. The molecule has 0 aliphatic heterocycles. The Hall–Kier alpha value is -1.73. The molecule has 0 spiro atoms. The zero-order valence-electron chi connectivity index (χ0n) is 11.9. The Kier molecular flexibility index (Phi) is 7.63. The Labute approximate surface area is 128 Å². The molecule has 1 aromatic carbocycles. The fourth-order valence-corrected chi connectivity index (χ4v) is 2.34. The lowest BCUT2D eigenvalue weighted by atomic mass is 10.1. The number of thioether (sulfide) groups is 1. The van der Waals surface area contributed by atoms with Crippen molar-refractivity contribution < 1.29 is 14.7 Å². The number of carbonyl (C=O) groups excluding carboxylic acids is 2. The fraction of sp³-hybridized carbons (Fsp3) is 0.429. The zero-order chi connectivity index (χ0) is 15.7. The molecular formula is C14H21N3O3S. The lowest BCUT2D eigenvalue weighted by Gasteiger charge is -2.22. The van der Waals surface area contributed by atoms with Crippen molar-refractivity contribution in [2.24, 2.45) is 5.73 Å². The number of amides is 3. The molecule has 21 heavy (non-hydrogen) atoms. The SMILES string of the molecule is CSCCC(NC(N)=O)C(=O)N[C@@H](CO)c1ccccc1. The predicted octanol–water partition coefficient (Wildman–Crippen LogP) is 0.626. The van der Waals surface area contributed by atoms with Crippen LogP contribution in [0.1, 0.15) is 18.0 Å². The van der Waals surface area contributed by atoms with E-state index in [0.29, 0.717) is 12.2 Å². The molecule has 1 aromatic rings. The Morgan fingerprint density at radius 1 is 1.29 bits per heavy atom. The first-order chi connectivity index (χ1) is 10.1. The van der Waals surface area contributed by atoms with Crippen molar-refractivity contribution in [1.82, 2.24) is 10.6 Å². The molecule has 0 aliphatic rings. The molecule has 0 fully saturated rings. The van der Waals surface area contributed by atoms with Crippen LogP contribution in [0.2, 0.25) is 0 Å². The number of primary amides is 1. The first-order valence-corrected chi connectivity index (χ1v) is 7.99. The number of aliphatic hydroxyl groups is 1. The normalized spacial score (nSPS) is 13.2. The lowest BCUT2D eigenvalue weighted by Crippen LogP contribution is -2.50. The van der Waals surface area contributed by atoms with Gasteiger partial charge in [-0.2, -0.15) is 11.8 Å². The molecule has 0 saturated carbocycles. The number of rotatable bonds is 8. The van der Waals surface area contributed by atoms with E-state index in [1.807, 2.05) is 36.6 Å². The molecule has 116 valence electrons. The van der Waals surface area contributed by atoms with Crippen LogP contribution in [0.4, 0.5) is 4.79 Å². The number of benzene rings is 1. The van der Waals surface area contributed by atoms with Gasteiger partial charge in [-0.05, 0) is 24.0 Å². The summed E-state index contributed by atoms with van der Waals surface area (Å²) in [6.07, 6.45) is 2.39. The molecule has 0 radical (unpaired) electrons. The number of nitrogens with two attached hydrogens (primary N) is 1. The minimum atomic E-state index is -0.739. The summed E-state index contributed by atoms with van der Waals surface area (Å²) in [4.78, 5) is 23.2. The van der Waals surface area contributed by atoms with Gasteiger partial charge < -0.3 is 21.5 Å². The maximum atomic E-state index is 12.2. The number of hydrogen-bond donors (Lipinski definition) is 4. The molecule has 5 N–H and O–H groups in total. The van der Waals surface area contributed by atoms with Gasteiger partial charge in [-0.1, -0.05) is 30.3 Å². The highest BCUT2D eigenvalue weighted by atomic mass is 32.2. The Bertz CT molecular complexity index is 456. The monoisotopic (exact) mass is 311 g/mol. The molecule has 3 amide bonds. The van der Waals surface area contributed by atoms with Crippen molar-refractivity contribution in [3.05, 3.63) is 35.9 Å². The van der Waals surface area contributed by atoms with Crippen molar-refractivity contribution in [1.29, 1.82) is 0 Å². The fourth-order valence-electron chi connectivity index (χ4n) is 1.87. The molecular weight excluding hydrogens is 290 g/mol.